The Morgan fingerprint density at radius 1 is 1.02 bits per heavy atom. The van der Waals surface area contributed by atoms with Crippen molar-refractivity contribution in [1.29, 1.82) is 0 Å². The van der Waals surface area contributed by atoms with Crippen LogP contribution in [-0.2, 0) is 20.5 Å². The molecule has 220 valence electrons. The molecule has 1 saturated carbocycles. The van der Waals surface area contributed by atoms with E-state index in [0.717, 1.165) is 12.8 Å². The van der Waals surface area contributed by atoms with Crippen molar-refractivity contribution in [1.82, 2.24) is 9.71 Å². The van der Waals surface area contributed by atoms with Gasteiger partial charge in [0.05, 0.1) is 16.1 Å². The standard InChI is InChI=1S/C25H26N2O7S2.C5H5N/c1-2-16(15-26-36(32,33)20-9-4-3-5-10-20)22-14-21(28)24(25(29)34-22)23(17-11-12-17)18-7-6-8-19(13-18)27-35(30)31;1-2-4-6-5-3-1/h3-10,13-14,16-17,23,26,28H,2,11-12,15H2,1H3;1-5H. The third-order valence-electron chi connectivity index (χ3n) is 6.83. The van der Waals surface area contributed by atoms with Gasteiger partial charge in [0, 0.05) is 36.8 Å². The summed E-state index contributed by atoms with van der Waals surface area (Å²) in [6, 6.07) is 21.6. The van der Waals surface area contributed by atoms with E-state index in [4.69, 9.17) is 4.42 Å². The normalized spacial score (nSPS) is 14.2. The van der Waals surface area contributed by atoms with Crippen molar-refractivity contribution in [2.75, 3.05) is 6.54 Å². The molecule has 0 spiro atoms. The van der Waals surface area contributed by atoms with E-state index in [0.29, 0.717) is 12.0 Å². The van der Waals surface area contributed by atoms with Crippen LogP contribution in [0.15, 0.2) is 110 Å². The molecule has 0 radical (unpaired) electrons. The van der Waals surface area contributed by atoms with Gasteiger partial charge in [0.1, 0.15) is 11.5 Å². The van der Waals surface area contributed by atoms with Crippen LogP contribution in [-0.4, -0.2) is 33.5 Å². The molecule has 0 amide bonds. The second-order valence-corrected chi connectivity index (χ2v) is 12.1. The number of aromatic hydroxyl groups is 1. The fraction of sp³-hybridized carbons (Fsp3) is 0.267. The topological polar surface area (TPSA) is 156 Å². The summed E-state index contributed by atoms with van der Waals surface area (Å²) in [7, 11) is -6.37. The Hall–Kier alpha value is -4.13. The Kier molecular flexibility index (Phi) is 10.4. The predicted molar refractivity (Wildman–Crippen MR) is 158 cm³/mol. The number of rotatable bonds is 10. The molecule has 2 unspecified atom stereocenters. The predicted octanol–water partition coefficient (Wildman–Crippen LogP) is 5.14. The Labute approximate surface area is 245 Å². The lowest BCUT2D eigenvalue weighted by molar-refractivity contribution is 0.379. The zero-order chi connectivity index (χ0) is 30.1. The van der Waals surface area contributed by atoms with Gasteiger partial charge in [-0.3, -0.25) is 4.98 Å². The van der Waals surface area contributed by atoms with Gasteiger partial charge in [-0.1, -0.05) is 43.3 Å². The molecule has 1 aliphatic rings. The molecule has 2 atom stereocenters. The minimum absolute atomic E-state index is 0.0165. The number of aromatic nitrogens is 1. The van der Waals surface area contributed by atoms with E-state index in [1.54, 1.807) is 48.8 Å². The highest BCUT2D eigenvalue weighted by molar-refractivity contribution is 7.89. The third-order valence-corrected chi connectivity index (χ3v) is 8.63. The average molecular weight is 610 g/mol. The number of hydrogen-bond donors (Lipinski definition) is 2. The Morgan fingerprint density at radius 2 is 1.71 bits per heavy atom. The van der Waals surface area contributed by atoms with Crippen molar-refractivity contribution in [3.63, 3.8) is 0 Å². The molecule has 0 aliphatic heterocycles. The maximum Gasteiger partial charge on any atom is 0.343 e. The maximum absolute atomic E-state index is 13.1. The molecular weight excluding hydrogens is 578 g/mol. The molecule has 10 nitrogen and oxygen atoms in total. The fourth-order valence-electron chi connectivity index (χ4n) is 4.61. The quantitative estimate of drug-likeness (QED) is 0.250. The largest absolute Gasteiger partial charge is 0.507 e. The zero-order valence-corrected chi connectivity index (χ0v) is 24.5. The molecule has 2 aromatic heterocycles. The molecule has 12 heteroatoms. The molecular formula is C30H31N3O7S2. The van der Waals surface area contributed by atoms with Crippen LogP contribution in [0, 0.1) is 5.92 Å². The molecule has 2 N–H and O–H groups in total. The monoisotopic (exact) mass is 609 g/mol. The first-order chi connectivity index (χ1) is 20.2. The van der Waals surface area contributed by atoms with Gasteiger partial charge in [0.15, 0.2) is 0 Å². The summed E-state index contributed by atoms with van der Waals surface area (Å²) in [5.41, 5.74) is 0.272. The van der Waals surface area contributed by atoms with Gasteiger partial charge < -0.3 is 9.52 Å². The first kappa shape index (κ1) is 30.8. The molecule has 0 bridgehead atoms. The van der Waals surface area contributed by atoms with Gasteiger partial charge in [0.2, 0.25) is 10.0 Å². The summed E-state index contributed by atoms with van der Waals surface area (Å²) in [6.45, 7) is 1.81. The zero-order valence-electron chi connectivity index (χ0n) is 22.8. The maximum atomic E-state index is 13.1. The Balaban J connectivity index is 0.000000600. The summed E-state index contributed by atoms with van der Waals surface area (Å²) in [6.07, 6.45) is 5.65. The van der Waals surface area contributed by atoms with Crippen molar-refractivity contribution in [3.05, 3.63) is 119 Å². The smallest absolute Gasteiger partial charge is 0.343 e. The van der Waals surface area contributed by atoms with E-state index >= 15 is 0 Å². The number of pyridine rings is 1. The van der Waals surface area contributed by atoms with Crippen LogP contribution < -0.4 is 10.3 Å². The number of nitrogens with zero attached hydrogens (tertiary/aromatic N) is 2. The van der Waals surface area contributed by atoms with Crippen molar-refractivity contribution in [2.24, 2.45) is 10.3 Å². The van der Waals surface area contributed by atoms with Crippen molar-refractivity contribution in [3.8, 4) is 5.75 Å². The number of sulfonamides is 1. The molecule has 0 saturated heterocycles. The fourth-order valence-corrected chi connectivity index (χ4v) is 6.00. The highest BCUT2D eigenvalue weighted by atomic mass is 32.2. The molecule has 42 heavy (non-hydrogen) atoms. The number of nitrogens with one attached hydrogen (secondary N) is 1. The third kappa shape index (κ3) is 8.21. The highest BCUT2D eigenvalue weighted by Gasteiger charge is 2.37. The highest BCUT2D eigenvalue weighted by Crippen LogP contribution is 2.48. The van der Waals surface area contributed by atoms with Gasteiger partial charge in [0.25, 0.3) is 0 Å². The summed E-state index contributed by atoms with van der Waals surface area (Å²) in [5.74, 6) is -0.930. The van der Waals surface area contributed by atoms with E-state index in [9.17, 15) is 26.7 Å². The van der Waals surface area contributed by atoms with Gasteiger partial charge in [-0.15, -0.1) is 4.36 Å². The van der Waals surface area contributed by atoms with Gasteiger partial charge >= 0.3 is 16.1 Å². The van der Waals surface area contributed by atoms with Crippen LogP contribution in [0.3, 0.4) is 0 Å². The first-order valence-corrected chi connectivity index (χ1v) is 15.9. The van der Waals surface area contributed by atoms with E-state index in [1.165, 1.54) is 24.3 Å². The van der Waals surface area contributed by atoms with Crippen molar-refractivity contribution in [2.45, 2.75) is 42.9 Å². The lowest BCUT2D eigenvalue weighted by Gasteiger charge is -2.20. The second kappa shape index (κ2) is 14.2. The summed E-state index contributed by atoms with van der Waals surface area (Å²) < 4.78 is 58.8. The van der Waals surface area contributed by atoms with E-state index < -0.39 is 38.0 Å². The molecule has 2 aromatic carbocycles. The average Bonchev–Trinajstić information content (AvgIpc) is 3.82. The lowest BCUT2D eigenvalue weighted by atomic mass is 9.87. The van der Waals surface area contributed by atoms with Crippen molar-refractivity contribution < 1.29 is 26.4 Å². The molecule has 1 aliphatic carbocycles. The van der Waals surface area contributed by atoms with Crippen LogP contribution in [0.1, 0.15) is 54.9 Å². The SMILES string of the molecule is CCC(CNS(=O)(=O)c1ccccc1)c1cc(O)c(C(c2cccc(N=S(=O)=O)c2)C2CC2)c(=O)o1.c1ccncc1. The van der Waals surface area contributed by atoms with E-state index in [-0.39, 0.29) is 40.1 Å². The second-order valence-electron chi connectivity index (χ2n) is 9.75. The molecule has 1 fully saturated rings. The molecule has 4 aromatic rings. The number of benzene rings is 2. The Bertz CT molecular complexity index is 1760. The van der Waals surface area contributed by atoms with E-state index in [1.807, 2.05) is 25.1 Å². The van der Waals surface area contributed by atoms with Gasteiger partial charge in [-0.25, -0.2) is 17.9 Å². The van der Waals surface area contributed by atoms with Crippen LogP contribution >= 0.6 is 0 Å². The first-order valence-electron chi connectivity index (χ1n) is 13.4. The van der Waals surface area contributed by atoms with E-state index in [2.05, 4.69) is 14.1 Å². The van der Waals surface area contributed by atoms with Gasteiger partial charge in [-0.05, 0) is 67.1 Å². The lowest BCUT2D eigenvalue weighted by Crippen LogP contribution is -2.29. The van der Waals surface area contributed by atoms with Crippen LogP contribution in [0.4, 0.5) is 5.69 Å². The minimum atomic E-state index is -3.75. The summed E-state index contributed by atoms with van der Waals surface area (Å²) in [4.78, 5) is 17.0. The minimum Gasteiger partial charge on any atom is -0.507 e. The van der Waals surface area contributed by atoms with Gasteiger partial charge in [-0.2, -0.15) is 8.42 Å². The molecule has 5 rings (SSSR count). The Morgan fingerprint density at radius 3 is 2.26 bits per heavy atom. The number of hydrogen-bond acceptors (Lipinski definition) is 9. The molecule has 2 heterocycles. The van der Waals surface area contributed by atoms with Crippen LogP contribution in [0.5, 0.6) is 5.75 Å². The van der Waals surface area contributed by atoms with Crippen LogP contribution in [0.25, 0.3) is 0 Å². The summed E-state index contributed by atoms with van der Waals surface area (Å²) in [5, 5.41) is 10.9. The summed E-state index contributed by atoms with van der Waals surface area (Å²) >= 11 is 0. The van der Waals surface area contributed by atoms with Crippen molar-refractivity contribution >= 4 is 26.2 Å². The van der Waals surface area contributed by atoms with Crippen LogP contribution in [0.2, 0.25) is 0 Å².